The normalized spacial score (nSPS) is 27.2. The van der Waals surface area contributed by atoms with Crippen LogP contribution in [-0.2, 0) is 0 Å². The fourth-order valence-corrected chi connectivity index (χ4v) is 3.51. The highest BCUT2D eigenvalue weighted by Gasteiger charge is 2.35. The summed E-state index contributed by atoms with van der Waals surface area (Å²) in [5.41, 5.74) is 0.943. The average Bonchev–Trinajstić information content (AvgIpc) is 2.94. The zero-order valence-electron chi connectivity index (χ0n) is 11.4. The number of hydrogen-bond acceptors (Lipinski definition) is 2. The van der Waals surface area contributed by atoms with Crippen LogP contribution in [0.2, 0.25) is 5.02 Å². The maximum atomic E-state index is 6.03. The van der Waals surface area contributed by atoms with Gasteiger partial charge in [-0.25, -0.2) is 0 Å². The van der Waals surface area contributed by atoms with Gasteiger partial charge in [0.05, 0.1) is 0 Å². The zero-order valence-corrected chi connectivity index (χ0v) is 12.2. The first kappa shape index (κ1) is 13.0. The fourth-order valence-electron chi connectivity index (χ4n) is 3.33. The molecule has 3 heteroatoms. The van der Waals surface area contributed by atoms with Gasteiger partial charge in [0.2, 0.25) is 0 Å². The first-order valence-electron chi connectivity index (χ1n) is 7.11. The number of benzene rings is 1. The van der Waals surface area contributed by atoms with Crippen molar-refractivity contribution in [1.82, 2.24) is 5.32 Å². The van der Waals surface area contributed by atoms with Crippen LogP contribution in [0.15, 0.2) is 28.7 Å². The standard InChI is InChI=1S/C16H20ClNO/c1-3-18-14-6-5-13(10(14)2)16-9-11-8-12(17)4-7-15(11)19-16/h4,7-10,13-14,18H,3,5-6H2,1-2H3. The zero-order chi connectivity index (χ0) is 13.4. The van der Waals surface area contributed by atoms with Gasteiger partial charge in [-0.1, -0.05) is 25.4 Å². The molecule has 1 saturated carbocycles. The van der Waals surface area contributed by atoms with Crippen LogP contribution in [0.4, 0.5) is 0 Å². The smallest absolute Gasteiger partial charge is 0.134 e. The molecule has 2 aromatic rings. The molecule has 3 atom stereocenters. The van der Waals surface area contributed by atoms with Gasteiger partial charge in [-0.3, -0.25) is 0 Å². The summed E-state index contributed by atoms with van der Waals surface area (Å²) < 4.78 is 6.02. The molecule has 0 spiro atoms. The first-order chi connectivity index (χ1) is 9.19. The number of halogens is 1. The van der Waals surface area contributed by atoms with E-state index in [1.54, 1.807) is 0 Å². The van der Waals surface area contributed by atoms with E-state index in [0.717, 1.165) is 28.3 Å². The van der Waals surface area contributed by atoms with Crippen LogP contribution >= 0.6 is 11.6 Å². The topological polar surface area (TPSA) is 25.2 Å². The van der Waals surface area contributed by atoms with E-state index in [-0.39, 0.29) is 0 Å². The van der Waals surface area contributed by atoms with Crippen LogP contribution in [0.5, 0.6) is 0 Å². The third-order valence-corrected chi connectivity index (χ3v) is 4.62. The molecule has 1 N–H and O–H groups in total. The lowest BCUT2D eigenvalue weighted by atomic mass is 9.93. The lowest BCUT2D eigenvalue weighted by Crippen LogP contribution is -2.31. The second-order valence-corrected chi connectivity index (χ2v) is 5.97. The Morgan fingerprint density at radius 2 is 2.16 bits per heavy atom. The van der Waals surface area contributed by atoms with Gasteiger partial charge in [0.25, 0.3) is 0 Å². The van der Waals surface area contributed by atoms with Crippen LogP contribution in [0.1, 0.15) is 38.4 Å². The highest BCUT2D eigenvalue weighted by atomic mass is 35.5. The Morgan fingerprint density at radius 3 is 2.95 bits per heavy atom. The van der Waals surface area contributed by atoms with Gasteiger partial charge in [-0.05, 0) is 49.6 Å². The van der Waals surface area contributed by atoms with Crippen molar-refractivity contribution in [3.05, 3.63) is 35.0 Å². The van der Waals surface area contributed by atoms with E-state index in [0.29, 0.717) is 17.9 Å². The van der Waals surface area contributed by atoms with Crippen molar-refractivity contribution in [2.45, 2.75) is 38.6 Å². The summed E-state index contributed by atoms with van der Waals surface area (Å²) in [6.07, 6.45) is 2.43. The Bertz CT molecular complexity index is 577. The summed E-state index contributed by atoms with van der Waals surface area (Å²) in [7, 11) is 0. The minimum Gasteiger partial charge on any atom is -0.461 e. The van der Waals surface area contributed by atoms with E-state index in [2.05, 4.69) is 25.2 Å². The molecule has 0 aliphatic heterocycles. The molecule has 0 amide bonds. The van der Waals surface area contributed by atoms with Gasteiger partial charge in [0.1, 0.15) is 11.3 Å². The Morgan fingerprint density at radius 1 is 1.32 bits per heavy atom. The number of rotatable bonds is 3. The van der Waals surface area contributed by atoms with Crippen LogP contribution < -0.4 is 5.32 Å². The molecule has 3 unspecified atom stereocenters. The predicted molar refractivity (Wildman–Crippen MR) is 79.8 cm³/mol. The molecule has 19 heavy (non-hydrogen) atoms. The highest BCUT2D eigenvalue weighted by molar-refractivity contribution is 6.31. The van der Waals surface area contributed by atoms with Crippen molar-refractivity contribution >= 4 is 22.6 Å². The number of furan rings is 1. The summed E-state index contributed by atoms with van der Waals surface area (Å²) in [4.78, 5) is 0. The van der Waals surface area contributed by atoms with Crippen molar-refractivity contribution in [2.24, 2.45) is 5.92 Å². The second kappa shape index (κ2) is 5.18. The number of hydrogen-bond donors (Lipinski definition) is 1. The van der Waals surface area contributed by atoms with Crippen LogP contribution in [0.3, 0.4) is 0 Å². The van der Waals surface area contributed by atoms with Gasteiger partial charge >= 0.3 is 0 Å². The van der Waals surface area contributed by atoms with E-state index in [1.165, 1.54) is 12.8 Å². The minimum atomic E-state index is 0.523. The molecule has 2 nitrogen and oxygen atoms in total. The van der Waals surface area contributed by atoms with Crippen LogP contribution in [0.25, 0.3) is 11.0 Å². The van der Waals surface area contributed by atoms with Gasteiger partial charge in [0, 0.05) is 22.4 Å². The maximum Gasteiger partial charge on any atom is 0.134 e. The van der Waals surface area contributed by atoms with E-state index in [1.807, 2.05) is 18.2 Å². The van der Waals surface area contributed by atoms with Crippen molar-refractivity contribution in [3.8, 4) is 0 Å². The molecule has 0 saturated heterocycles. The van der Waals surface area contributed by atoms with Crippen molar-refractivity contribution in [2.75, 3.05) is 6.54 Å². The molecule has 1 aliphatic rings. The van der Waals surface area contributed by atoms with Crippen LogP contribution in [0, 0.1) is 5.92 Å². The van der Waals surface area contributed by atoms with Gasteiger partial charge in [-0.15, -0.1) is 0 Å². The van der Waals surface area contributed by atoms with E-state index in [9.17, 15) is 0 Å². The minimum absolute atomic E-state index is 0.523. The summed E-state index contributed by atoms with van der Waals surface area (Å²) in [5, 5.41) is 5.46. The molecule has 0 bridgehead atoms. The Kier molecular flexibility index (Phi) is 3.55. The third-order valence-electron chi connectivity index (χ3n) is 4.39. The molecule has 3 rings (SSSR count). The molecule has 1 heterocycles. The quantitative estimate of drug-likeness (QED) is 0.888. The van der Waals surface area contributed by atoms with Crippen molar-refractivity contribution in [3.63, 3.8) is 0 Å². The molecule has 1 fully saturated rings. The molecule has 1 aliphatic carbocycles. The highest BCUT2D eigenvalue weighted by Crippen LogP contribution is 2.41. The van der Waals surface area contributed by atoms with Gasteiger partial charge < -0.3 is 9.73 Å². The van der Waals surface area contributed by atoms with E-state index < -0.39 is 0 Å². The molecule has 102 valence electrons. The maximum absolute atomic E-state index is 6.03. The molecule has 0 radical (unpaired) electrons. The summed E-state index contributed by atoms with van der Waals surface area (Å²) in [6, 6.07) is 8.60. The lowest BCUT2D eigenvalue weighted by Gasteiger charge is -2.19. The Balaban J connectivity index is 1.88. The van der Waals surface area contributed by atoms with Crippen molar-refractivity contribution in [1.29, 1.82) is 0 Å². The second-order valence-electron chi connectivity index (χ2n) is 5.54. The Labute approximate surface area is 119 Å². The summed E-state index contributed by atoms with van der Waals surface area (Å²) >= 11 is 6.03. The predicted octanol–water partition coefficient (Wildman–Crippen LogP) is 4.58. The number of nitrogens with one attached hydrogen (secondary N) is 1. The lowest BCUT2D eigenvalue weighted by molar-refractivity contribution is 0.378. The van der Waals surface area contributed by atoms with Gasteiger partial charge in [0.15, 0.2) is 0 Å². The molecule has 1 aromatic heterocycles. The first-order valence-corrected chi connectivity index (χ1v) is 7.49. The molecular weight excluding hydrogens is 258 g/mol. The average molecular weight is 278 g/mol. The van der Waals surface area contributed by atoms with E-state index >= 15 is 0 Å². The summed E-state index contributed by atoms with van der Waals surface area (Å²) in [5.74, 6) is 2.26. The fraction of sp³-hybridized carbons (Fsp3) is 0.500. The van der Waals surface area contributed by atoms with E-state index in [4.69, 9.17) is 16.0 Å². The third kappa shape index (κ3) is 2.39. The van der Waals surface area contributed by atoms with Crippen LogP contribution in [-0.4, -0.2) is 12.6 Å². The Hall–Kier alpha value is -0.990. The SMILES string of the molecule is CCNC1CCC(c2cc3cc(Cl)ccc3o2)C1C. The molecule has 1 aromatic carbocycles. The monoisotopic (exact) mass is 277 g/mol. The number of fused-ring (bicyclic) bond motifs is 1. The largest absolute Gasteiger partial charge is 0.461 e. The summed E-state index contributed by atoms with van der Waals surface area (Å²) in [6.45, 7) is 5.53. The molecular formula is C16H20ClNO. The van der Waals surface area contributed by atoms with Gasteiger partial charge in [-0.2, -0.15) is 0 Å². The van der Waals surface area contributed by atoms with Crippen molar-refractivity contribution < 1.29 is 4.42 Å².